The van der Waals surface area contributed by atoms with Crippen LogP contribution in [-0.2, 0) is 0 Å². The highest BCUT2D eigenvalue weighted by Gasteiger charge is 2.16. The molecule has 0 saturated carbocycles. The van der Waals surface area contributed by atoms with Crippen LogP contribution in [0, 0.1) is 5.92 Å². The maximum Gasteiger partial charge on any atom is 0.150 e. The van der Waals surface area contributed by atoms with Gasteiger partial charge in [0.2, 0.25) is 0 Å². The standard InChI is InChI=1S/C14H24Cl2N4/c1-10(2)9-20(7-6-19(4)5)14-12(16)8-11(15)13(17-3)18-14/h8,10H,6-7,9H2,1-5H3,(H,17,18). The van der Waals surface area contributed by atoms with Gasteiger partial charge in [-0.05, 0) is 26.1 Å². The lowest BCUT2D eigenvalue weighted by Crippen LogP contribution is -2.35. The highest BCUT2D eigenvalue weighted by Crippen LogP contribution is 2.31. The molecule has 0 unspecified atom stereocenters. The van der Waals surface area contributed by atoms with Gasteiger partial charge in [-0.2, -0.15) is 0 Å². The Hall–Kier alpha value is -0.710. The number of hydrogen-bond acceptors (Lipinski definition) is 4. The lowest BCUT2D eigenvalue weighted by Gasteiger charge is -2.28. The van der Waals surface area contributed by atoms with E-state index in [2.05, 4.69) is 48.0 Å². The molecule has 0 amide bonds. The lowest BCUT2D eigenvalue weighted by molar-refractivity contribution is 0.408. The average Bonchev–Trinajstić information content (AvgIpc) is 2.34. The zero-order chi connectivity index (χ0) is 15.3. The van der Waals surface area contributed by atoms with Crippen molar-refractivity contribution in [2.45, 2.75) is 13.8 Å². The van der Waals surface area contributed by atoms with Gasteiger partial charge in [-0.1, -0.05) is 37.0 Å². The lowest BCUT2D eigenvalue weighted by atomic mass is 10.2. The Morgan fingerprint density at radius 2 is 1.85 bits per heavy atom. The molecule has 0 aliphatic carbocycles. The smallest absolute Gasteiger partial charge is 0.150 e. The third-order valence-corrected chi connectivity index (χ3v) is 3.42. The van der Waals surface area contributed by atoms with E-state index < -0.39 is 0 Å². The molecular weight excluding hydrogens is 295 g/mol. The van der Waals surface area contributed by atoms with E-state index in [1.807, 2.05) is 0 Å². The molecule has 0 spiro atoms. The summed E-state index contributed by atoms with van der Waals surface area (Å²) in [6.45, 7) is 7.10. The molecule has 1 rings (SSSR count). The number of hydrogen-bond donors (Lipinski definition) is 1. The summed E-state index contributed by atoms with van der Waals surface area (Å²) in [7, 11) is 5.92. The second kappa shape index (κ2) is 7.91. The highest BCUT2D eigenvalue weighted by atomic mass is 35.5. The first-order chi connectivity index (χ1) is 9.35. The van der Waals surface area contributed by atoms with Crippen LogP contribution in [-0.4, -0.2) is 50.7 Å². The van der Waals surface area contributed by atoms with Gasteiger partial charge in [-0.25, -0.2) is 4.98 Å². The molecule has 1 N–H and O–H groups in total. The molecule has 0 radical (unpaired) electrons. The third-order valence-electron chi connectivity index (χ3n) is 2.85. The average molecular weight is 319 g/mol. The number of anilines is 2. The Morgan fingerprint density at radius 3 is 2.35 bits per heavy atom. The summed E-state index contributed by atoms with van der Waals surface area (Å²) >= 11 is 12.4. The number of pyridine rings is 1. The number of likely N-dealkylation sites (N-methyl/N-ethyl adjacent to an activating group) is 1. The monoisotopic (exact) mass is 318 g/mol. The van der Waals surface area contributed by atoms with Crippen molar-refractivity contribution in [2.24, 2.45) is 5.92 Å². The molecule has 1 aromatic rings. The SMILES string of the molecule is CNc1nc(N(CCN(C)C)CC(C)C)c(Cl)cc1Cl. The van der Waals surface area contributed by atoms with Crippen LogP contribution in [0.25, 0.3) is 0 Å². The molecule has 0 fully saturated rings. The number of rotatable bonds is 7. The van der Waals surface area contributed by atoms with Crippen LogP contribution in [0.4, 0.5) is 11.6 Å². The van der Waals surface area contributed by atoms with E-state index in [4.69, 9.17) is 23.2 Å². The molecule has 1 heterocycles. The van der Waals surface area contributed by atoms with Crippen molar-refractivity contribution >= 4 is 34.8 Å². The van der Waals surface area contributed by atoms with E-state index in [-0.39, 0.29) is 0 Å². The van der Waals surface area contributed by atoms with Gasteiger partial charge in [0.15, 0.2) is 0 Å². The summed E-state index contributed by atoms with van der Waals surface area (Å²) < 4.78 is 0. The van der Waals surface area contributed by atoms with E-state index >= 15 is 0 Å². The number of halogens is 2. The molecule has 0 aliphatic rings. The molecule has 1 aromatic heterocycles. The predicted molar refractivity (Wildman–Crippen MR) is 89.4 cm³/mol. The summed E-state index contributed by atoms with van der Waals surface area (Å²) in [5.41, 5.74) is 0. The predicted octanol–water partition coefficient (Wildman–Crippen LogP) is 3.45. The van der Waals surface area contributed by atoms with Crippen LogP contribution in [0.5, 0.6) is 0 Å². The first-order valence-electron chi connectivity index (χ1n) is 6.78. The zero-order valence-electron chi connectivity index (χ0n) is 12.9. The van der Waals surface area contributed by atoms with Gasteiger partial charge in [0.25, 0.3) is 0 Å². The van der Waals surface area contributed by atoms with Crippen LogP contribution in [0.15, 0.2) is 6.07 Å². The normalized spacial score (nSPS) is 11.2. The van der Waals surface area contributed by atoms with Crippen molar-refractivity contribution in [3.8, 4) is 0 Å². The molecule has 0 atom stereocenters. The van der Waals surface area contributed by atoms with Gasteiger partial charge in [0.1, 0.15) is 11.6 Å². The Bertz CT molecular complexity index is 435. The summed E-state index contributed by atoms with van der Waals surface area (Å²) in [4.78, 5) is 8.92. The number of nitrogens with one attached hydrogen (secondary N) is 1. The summed E-state index contributed by atoms with van der Waals surface area (Å²) in [6, 6.07) is 1.75. The van der Waals surface area contributed by atoms with Gasteiger partial charge >= 0.3 is 0 Å². The first-order valence-corrected chi connectivity index (χ1v) is 7.54. The third kappa shape index (κ3) is 5.00. The van der Waals surface area contributed by atoms with Gasteiger partial charge in [-0.3, -0.25) is 0 Å². The molecule has 6 heteroatoms. The van der Waals surface area contributed by atoms with Crippen LogP contribution < -0.4 is 10.2 Å². The molecule has 4 nitrogen and oxygen atoms in total. The Balaban J connectivity index is 3.05. The van der Waals surface area contributed by atoms with Crippen molar-refractivity contribution in [1.29, 1.82) is 0 Å². The van der Waals surface area contributed by atoms with Crippen molar-refractivity contribution in [3.05, 3.63) is 16.1 Å². The highest BCUT2D eigenvalue weighted by molar-refractivity contribution is 6.37. The molecule has 0 saturated heterocycles. The minimum Gasteiger partial charge on any atom is -0.372 e. The van der Waals surface area contributed by atoms with E-state index in [1.165, 1.54) is 0 Å². The van der Waals surface area contributed by atoms with Crippen LogP contribution in [0.3, 0.4) is 0 Å². The van der Waals surface area contributed by atoms with Crippen molar-refractivity contribution in [2.75, 3.05) is 51.0 Å². The van der Waals surface area contributed by atoms with E-state index in [0.717, 1.165) is 25.5 Å². The van der Waals surface area contributed by atoms with Crippen molar-refractivity contribution < 1.29 is 0 Å². The van der Waals surface area contributed by atoms with E-state index in [1.54, 1.807) is 13.1 Å². The fourth-order valence-electron chi connectivity index (χ4n) is 1.90. The first kappa shape index (κ1) is 17.3. The minimum atomic E-state index is 0.531. The molecule has 0 aromatic carbocycles. The number of nitrogens with zero attached hydrogens (tertiary/aromatic N) is 3. The maximum atomic E-state index is 6.32. The zero-order valence-corrected chi connectivity index (χ0v) is 14.4. The van der Waals surface area contributed by atoms with Gasteiger partial charge in [-0.15, -0.1) is 0 Å². The quantitative estimate of drug-likeness (QED) is 0.834. The largest absolute Gasteiger partial charge is 0.372 e. The molecule has 20 heavy (non-hydrogen) atoms. The van der Waals surface area contributed by atoms with Crippen LogP contribution >= 0.6 is 23.2 Å². The van der Waals surface area contributed by atoms with E-state index in [0.29, 0.717) is 21.8 Å². The fourth-order valence-corrected chi connectivity index (χ4v) is 2.47. The Kier molecular flexibility index (Phi) is 6.86. The second-order valence-corrected chi connectivity index (χ2v) is 6.33. The summed E-state index contributed by atoms with van der Waals surface area (Å²) in [6.07, 6.45) is 0. The number of aromatic nitrogens is 1. The van der Waals surface area contributed by atoms with Gasteiger partial charge < -0.3 is 15.1 Å². The molecule has 0 aliphatic heterocycles. The topological polar surface area (TPSA) is 31.4 Å². The summed E-state index contributed by atoms with van der Waals surface area (Å²) in [5, 5.41) is 4.13. The van der Waals surface area contributed by atoms with Gasteiger partial charge in [0, 0.05) is 26.7 Å². The Labute approximate surface area is 132 Å². The molecule has 0 bridgehead atoms. The minimum absolute atomic E-state index is 0.531. The van der Waals surface area contributed by atoms with Crippen LogP contribution in [0.1, 0.15) is 13.8 Å². The maximum absolute atomic E-state index is 6.32. The molecular formula is C14H24Cl2N4. The van der Waals surface area contributed by atoms with Gasteiger partial charge in [0.05, 0.1) is 10.0 Å². The van der Waals surface area contributed by atoms with E-state index in [9.17, 15) is 0 Å². The Morgan fingerprint density at radius 1 is 1.20 bits per heavy atom. The fraction of sp³-hybridized carbons (Fsp3) is 0.643. The second-order valence-electron chi connectivity index (χ2n) is 5.52. The molecule has 114 valence electrons. The van der Waals surface area contributed by atoms with Crippen LogP contribution in [0.2, 0.25) is 10.0 Å². The van der Waals surface area contributed by atoms with Crippen molar-refractivity contribution in [3.63, 3.8) is 0 Å². The van der Waals surface area contributed by atoms with Crippen molar-refractivity contribution in [1.82, 2.24) is 9.88 Å². The summed E-state index contributed by atoms with van der Waals surface area (Å²) in [5.74, 6) is 1.98.